The Morgan fingerprint density at radius 2 is 2.19 bits per heavy atom. The van der Waals surface area contributed by atoms with Crippen molar-refractivity contribution in [3.05, 3.63) is 34.7 Å². The first-order valence-corrected chi connectivity index (χ1v) is 6.87. The number of aromatic nitrogens is 1. The van der Waals surface area contributed by atoms with Gasteiger partial charge in [-0.3, -0.25) is 4.79 Å². The number of nitrogens with one attached hydrogen (secondary N) is 2. The first-order chi connectivity index (χ1) is 9.95. The fraction of sp³-hybridized carbons (Fsp3) is 0.333. The fourth-order valence-corrected chi connectivity index (χ4v) is 2.83. The molecule has 0 radical (unpaired) electrons. The molecule has 0 saturated carbocycles. The molecule has 1 unspecified atom stereocenters. The molecule has 6 nitrogen and oxygen atoms in total. The average Bonchev–Trinajstić information content (AvgIpc) is 2.91. The molecular weight excluding hydrogens is 268 g/mol. The molecule has 4 N–H and O–H groups in total. The van der Waals surface area contributed by atoms with Crippen molar-refractivity contribution in [3.63, 3.8) is 0 Å². The summed E-state index contributed by atoms with van der Waals surface area (Å²) in [5.41, 5.74) is 11.1. The van der Waals surface area contributed by atoms with Crippen LogP contribution >= 0.6 is 0 Å². The third kappa shape index (κ3) is 2.33. The van der Waals surface area contributed by atoms with Gasteiger partial charge in [0, 0.05) is 11.3 Å². The maximum atomic E-state index is 11.4. The summed E-state index contributed by atoms with van der Waals surface area (Å²) in [5.74, 6) is 0.792. The Balaban J connectivity index is 1.89. The van der Waals surface area contributed by atoms with Gasteiger partial charge in [0.15, 0.2) is 0 Å². The number of nitrogens with zero attached hydrogens (tertiary/aromatic N) is 1. The van der Waals surface area contributed by atoms with Crippen molar-refractivity contribution in [1.82, 2.24) is 5.16 Å². The normalized spacial score (nSPS) is 14.7. The molecule has 1 atom stereocenters. The van der Waals surface area contributed by atoms with Crippen molar-refractivity contribution in [1.29, 1.82) is 0 Å². The predicted molar refractivity (Wildman–Crippen MR) is 81.2 cm³/mol. The maximum absolute atomic E-state index is 11.4. The van der Waals surface area contributed by atoms with Crippen LogP contribution in [0.3, 0.4) is 0 Å². The summed E-state index contributed by atoms with van der Waals surface area (Å²) in [5, 5.41) is 10.2. The Labute approximate surface area is 122 Å². The number of anilines is 3. The molecule has 0 aliphatic carbocycles. The summed E-state index contributed by atoms with van der Waals surface area (Å²) in [4.78, 5) is 11.4. The van der Waals surface area contributed by atoms with E-state index in [9.17, 15) is 4.79 Å². The second-order valence-corrected chi connectivity index (χ2v) is 5.43. The van der Waals surface area contributed by atoms with Gasteiger partial charge in [0.25, 0.3) is 0 Å². The Bertz CT molecular complexity index is 701. The number of benzene rings is 1. The Kier molecular flexibility index (Phi) is 3.08. The number of nitrogen functional groups attached to an aromatic ring is 1. The molecule has 110 valence electrons. The van der Waals surface area contributed by atoms with Crippen LogP contribution in [0.25, 0.3) is 0 Å². The summed E-state index contributed by atoms with van der Waals surface area (Å²) in [6, 6.07) is 3.73. The molecule has 21 heavy (non-hydrogen) atoms. The molecule has 1 aliphatic rings. The van der Waals surface area contributed by atoms with Gasteiger partial charge in [0.1, 0.15) is 5.76 Å². The highest BCUT2D eigenvalue weighted by molar-refractivity contribution is 6.00. The number of hydrogen-bond donors (Lipinski definition) is 3. The number of aryl methyl sites for hydroxylation is 2. The SMILES string of the molecule is Cc1noc(C)c1C(C)Nc1cc2c(cc1N)CC(=O)N2. The Hall–Kier alpha value is -2.50. The standard InChI is InChI=1S/C15H18N4O2/c1-7(15-8(2)19-21-9(15)3)17-13-6-12-10(4-11(13)16)5-14(20)18-12/h4,6-7,17H,5,16H2,1-3H3,(H,18,20). The molecule has 1 aliphatic heterocycles. The van der Waals surface area contributed by atoms with Crippen molar-refractivity contribution in [2.24, 2.45) is 0 Å². The van der Waals surface area contributed by atoms with Crippen LogP contribution < -0.4 is 16.4 Å². The van der Waals surface area contributed by atoms with Crippen LogP contribution in [-0.4, -0.2) is 11.1 Å². The summed E-state index contributed by atoms with van der Waals surface area (Å²) < 4.78 is 5.19. The van der Waals surface area contributed by atoms with E-state index in [1.807, 2.05) is 32.9 Å². The van der Waals surface area contributed by atoms with Gasteiger partial charge in [-0.1, -0.05) is 5.16 Å². The van der Waals surface area contributed by atoms with Crippen LogP contribution in [0.1, 0.15) is 35.5 Å². The average molecular weight is 286 g/mol. The van der Waals surface area contributed by atoms with Gasteiger partial charge < -0.3 is 20.9 Å². The third-order valence-electron chi connectivity index (χ3n) is 3.79. The molecule has 1 aromatic heterocycles. The molecule has 2 heterocycles. The highest BCUT2D eigenvalue weighted by atomic mass is 16.5. The highest BCUT2D eigenvalue weighted by Gasteiger charge is 2.21. The summed E-state index contributed by atoms with van der Waals surface area (Å²) in [6.07, 6.45) is 0.388. The van der Waals surface area contributed by atoms with Gasteiger partial charge in [0.2, 0.25) is 5.91 Å². The van der Waals surface area contributed by atoms with E-state index in [0.717, 1.165) is 34.0 Å². The maximum Gasteiger partial charge on any atom is 0.228 e. The minimum atomic E-state index is 0.000298. The van der Waals surface area contributed by atoms with Gasteiger partial charge in [-0.25, -0.2) is 0 Å². The second kappa shape index (κ2) is 4.80. The van der Waals surface area contributed by atoms with Crippen molar-refractivity contribution < 1.29 is 9.32 Å². The minimum Gasteiger partial charge on any atom is -0.397 e. The van der Waals surface area contributed by atoms with E-state index >= 15 is 0 Å². The number of rotatable bonds is 3. The van der Waals surface area contributed by atoms with Crippen molar-refractivity contribution in [2.45, 2.75) is 33.2 Å². The molecule has 3 rings (SSSR count). The molecular formula is C15H18N4O2. The van der Waals surface area contributed by atoms with Gasteiger partial charge in [0.05, 0.1) is 29.5 Å². The number of nitrogens with two attached hydrogens (primary N) is 1. The zero-order chi connectivity index (χ0) is 15.1. The first kappa shape index (κ1) is 13.5. The van der Waals surface area contributed by atoms with Gasteiger partial charge in [-0.05, 0) is 38.5 Å². The first-order valence-electron chi connectivity index (χ1n) is 6.87. The largest absolute Gasteiger partial charge is 0.397 e. The van der Waals surface area contributed by atoms with Gasteiger partial charge >= 0.3 is 0 Å². The van der Waals surface area contributed by atoms with E-state index in [0.29, 0.717) is 12.1 Å². The highest BCUT2D eigenvalue weighted by Crippen LogP contribution is 2.34. The smallest absolute Gasteiger partial charge is 0.228 e. The predicted octanol–water partition coefficient (Wildman–Crippen LogP) is 2.54. The zero-order valence-electron chi connectivity index (χ0n) is 12.3. The van der Waals surface area contributed by atoms with E-state index in [1.165, 1.54) is 0 Å². The van der Waals surface area contributed by atoms with Crippen LogP contribution in [0.5, 0.6) is 0 Å². The quantitative estimate of drug-likeness (QED) is 0.754. The van der Waals surface area contributed by atoms with E-state index in [4.69, 9.17) is 10.3 Å². The topological polar surface area (TPSA) is 93.2 Å². The Morgan fingerprint density at radius 3 is 2.86 bits per heavy atom. The van der Waals surface area contributed by atoms with Gasteiger partial charge in [-0.2, -0.15) is 0 Å². The fourth-order valence-electron chi connectivity index (χ4n) is 2.83. The van der Waals surface area contributed by atoms with E-state index < -0.39 is 0 Å². The van der Waals surface area contributed by atoms with Crippen LogP contribution in [0.2, 0.25) is 0 Å². The van der Waals surface area contributed by atoms with Crippen molar-refractivity contribution >= 4 is 23.0 Å². The third-order valence-corrected chi connectivity index (χ3v) is 3.79. The lowest BCUT2D eigenvalue weighted by molar-refractivity contribution is -0.115. The Morgan fingerprint density at radius 1 is 1.43 bits per heavy atom. The van der Waals surface area contributed by atoms with Crippen LogP contribution in [0.15, 0.2) is 16.7 Å². The molecule has 0 saturated heterocycles. The summed E-state index contributed by atoms with van der Waals surface area (Å²) in [7, 11) is 0. The lowest BCUT2D eigenvalue weighted by atomic mass is 10.1. The molecule has 0 spiro atoms. The van der Waals surface area contributed by atoms with Crippen molar-refractivity contribution in [2.75, 3.05) is 16.4 Å². The molecule has 6 heteroatoms. The molecule has 0 bridgehead atoms. The van der Waals surface area contributed by atoms with E-state index in [-0.39, 0.29) is 11.9 Å². The van der Waals surface area contributed by atoms with Crippen LogP contribution in [0.4, 0.5) is 17.1 Å². The number of amides is 1. The second-order valence-electron chi connectivity index (χ2n) is 5.43. The molecule has 0 fully saturated rings. The van der Waals surface area contributed by atoms with Crippen LogP contribution in [0, 0.1) is 13.8 Å². The molecule has 2 aromatic rings. The zero-order valence-corrected chi connectivity index (χ0v) is 12.3. The lowest BCUT2D eigenvalue weighted by Crippen LogP contribution is -2.10. The van der Waals surface area contributed by atoms with Gasteiger partial charge in [-0.15, -0.1) is 0 Å². The van der Waals surface area contributed by atoms with E-state index in [2.05, 4.69) is 15.8 Å². The summed E-state index contributed by atoms with van der Waals surface area (Å²) in [6.45, 7) is 5.83. The number of carbonyl (C=O) groups excluding carboxylic acids is 1. The number of hydrogen-bond acceptors (Lipinski definition) is 5. The monoisotopic (exact) mass is 286 g/mol. The lowest BCUT2D eigenvalue weighted by Gasteiger charge is -2.17. The number of carbonyl (C=O) groups is 1. The summed E-state index contributed by atoms with van der Waals surface area (Å²) >= 11 is 0. The molecule has 1 amide bonds. The number of fused-ring (bicyclic) bond motifs is 1. The van der Waals surface area contributed by atoms with E-state index in [1.54, 1.807) is 0 Å². The van der Waals surface area contributed by atoms with Crippen LogP contribution in [-0.2, 0) is 11.2 Å². The van der Waals surface area contributed by atoms with Crippen molar-refractivity contribution in [3.8, 4) is 0 Å². The minimum absolute atomic E-state index is 0.000298. The molecule has 1 aromatic carbocycles.